The molecule has 0 spiro atoms. The van der Waals surface area contributed by atoms with Crippen LogP contribution in [0.3, 0.4) is 0 Å². The summed E-state index contributed by atoms with van der Waals surface area (Å²) in [5, 5.41) is 0. The average Bonchev–Trinajstić information content (AvgIpc) is 3.02. The molecule has 1 aliphatic rings. The van der Waals surface area contributed by atoms with Crippen LogP contribution in [0.2, 0.25) is 0 Å². The molecule has 2 heteroatoms. The second-order valence-electron chi connectivity index (χ2n) is 6.95. The molecule has 0 bridgehead atoms. The average molecular weight is 350 g/mol. The van der Waals surface area contributed by atoms with E-state index in [0.29, 0.717) is 0 Å². The molecular formula is C24H31NO. The second-order valence-corrected chi connectivity index (χ2v) is 6.95. The van der Waals surface area contributed by atoms with E-state index in [1.54, 1.807) is 11.1 Å². The van der Waals surface area contributed by atoms with E-state index in [0.717, 1.165) is 51.3 Å². The van der Waals surface area contributed by atoms with Gasteiger partial charge >= 0.3 is 0 Å². The van der Waals surface area contributed by atoms with Gasteiger partial charge < -0.3 is 9.64 Å². The maximum Gasteiger partial charge on any atom is 0.119 e. The molecule has 3 rings (SSSR count). The van der Waals surface area contributed by atoms with Crippen molar-refractivity contribution in [3.05, 3.63) is 70.8 Å². The highest BCUT2D eigenvalue weighted by Crippen LogP contribution is 2.36. The van der Waals surface area contributed by atoms with E-state index in [-0.39, 0.29) is 0 Å². The van der Waals surface area contributed by atoms with Crippen LogP contribution in [0.25, 0.3) is 5.57 Å². The van der Waals surface area contributed by atoms with Gasteiger partial charge in [-0.25, -0.2) is 0 Å². The highest BCUT2D eigenvalue weighted by atomic mass is 16.5. The van der Waals surface area contributed by atoms with E-state index >= 15 is 0 Å². The Morgan fingerprint density at radius 3 is 2.35 bits per heavy atom. The van der Waals surface area contributed by atoms with Crippen molar-refractivity contribution in [1.82, 2.24) is 4.90 Å². The largest absolute Gasteiger partial charge is 0.494 e. The molecule has 0 aliphatic heterocycles. The Morgan fingerprint density at radius 2 is 1.65 bits per heavy atom. The molecule has 0 atom stereocenters. The van der Waals surface area contributed by atoms with Crippen LogP contribution >= 0.6 is 0 Å². The number of hydrogen-bond acceptors (Lipinski definition) is 2. The lowest BCUT2D eigenvalue weighted by Gasteiger charge is -2.19. The Labute approximate surface area is 158 Å². The lowest BCUT2D eigenvalue weighted by molar-refractivity contribution is 0.311. The van der Waals surface area contributed by atoms with Gasteiger partial charge in [-0.2, -0.15) is 0 Å². The zero-order valence-electron chi connectivity index (χ0n) is 16.4. The molecule has 0 radical (unpaired) electrons. The molecule has 0 N–H and O–H groups in total. The summed E-state index contributed by atoms with van der Waals surface area (Å²) in [5.74, 6) is 0.960. The molecule has 2 aromatic carbocycles. The summed E-state index contributed by atoms with van der Waals surface area (Å²) < 4.78 is 5.57. The molecule has 2 nitrogen and oxygen atoms in total. The fourth-order valence-electron chi connectivity index (χ4n) is 3.90. The summed E-state index contributed by atoms with van der Waals surface area (Å²) in [4.78, 5) is 2.52. The standard InChI is InChI=1S/C24H31NO/c1-4-25(5-2)16-15-24-21(18-20-9-7-8-10-23(20)24)17-19-11-13-22(14-12-19)26-6-3/h7-14H,4-6,15-18H2,1-3H3. The van der Waals surface area contributed by atoms with Crippen molar-refractivity contribution in [3.63, 3.8) is 0 Å². The Hall–Kier alpha value is -2.06. The Kier molecular flexibility index (Phi) is 6.51. The van der Waals surface area contributed by atoms with Crippen molar-refractivity contribution in [2.45, 2.75) is 40.0 Å². The summed E-state index contributed by atoms with van der Waals surface area (Å²) in [7, 11) is 0. The summed E-state index contributed by atoms with van der Waals surface area (Å²) in [6, 6.07) is 17.5. The van der Waals surface area contributed by atoms with Gasteiger partial charge in [0.1, 0.15) is 5.75 Å². The molecule has 1 aliphatic carbocycles. The van der Waals surface area contributed by atoms with Crippen LogP contribution in [0.5, 0.6) is 5.75 Å². The SMILES string of the molecule is CCOc1ccc(CC2=C(CCN(CC)CC)c3ccccc3C2)cc1. The predicted molar refractivity (Wildman–Crippen MR) is 111 cm³/mol. The molecule has 2 aromatic rings. The third-order valence-electron chi connectivity index (χ3n) is 5.40. The van der Waals surface area contributed by atoms with Gasteiger partial charge in [0.05, 0.1) is 6.61 Å². The first-order valence-electron chi connectivity index (χ1n) is 9.98. The molecule has 0 heterocycles. The monoisotopic (exact) mass is 349 g/mol. The molecule has 0 fully saturated rings. The van der Waals surface area contributed by atoms with Crippen molar-refractivity contribution >= 4 is 5.57 Å². The van der Waals surface area contributed by atoms with Gasteiger partial charge in [-0.15, -0.1) is 0 Å². The van der Waals surface area contributed by atoms with E-state index in [2.05, 4.69) is 67.3 Å². The van der Waals surface area contributed by atoms with E-state index in [1.165, 1.54) is 16.7 Å². The number of fused-ring (bicyclic) bond motifs is 1. The summed E-state index contributed by atoms with van der Waals surface area (Å²) >= 11 is 0. The zero-order valence-corrected chi connectivity index (χ0v) is 16.4. The predicted octanol–water partition coefficient (Wildman–Crippen LogP) is 5.37. The highest BCUT2D eigenvalue weighted by Gasteiger charge is 2.21. The smallest absolute Gasteiger partial charge is 0.119 e. The quantitative estimate of drug-likeness (QED) is 0.603. The number of allylic oxidation sites excluding steroid dienone is 1. The normalized spacial score (nSPS) is 13.4. The summed E-state index contributed by atoms with van der Waals surface area (Å²) in [5.41, 5.74) is 7.49. The number of ether oxygens (including phenoxy) is 1. The number of rotatable bonds is 9. The number of benzene rings is 2. The third-order valence-corrected chi connectivity index (χ3v) is 5.40. The first kappa shape index (κ1) is 18.7. The fourth-order valence-corrected chi connectivity index (χ4v) is 3.90. The van der Waals surface area contributed by atoms with Gasteiger partial charge in [-0.1, -0.05) is 55.8 Å². The summed E-state index contributed by atoms with van der Waals surface area (Å²) in [6.45, 7) is 10.6. The summed E-state index contributed by atoms with van der Waals surface area (Å²) in [6.07, 6.45) is 3.27. The Balaban J connectivity index is 1.80. The zero-order chi connectivity index (χ0) is 18.4. The van der Waals surface area contributed by atoms with Gasteiger partial charge in [-0.05, 0) is 73.7 Å². The van der Waals surface area contributed by atoms with E-state index in [9.17, 15) is 0 Å². The van der Waals surface area contributed by atoms with Crippen LogP contribution < -0.4 is 4.74 Å². The van der Waals surface area contributed by atoms with Gasteiger partial charge in [0, 0.05) is 6.54 Å². The van der Waals surface area contributed by atoms with Crippen LogP contribution in [-0.4, -0.2) is 31.1 Å². The molecule has 0 saturated heterocycles. The van der Waals surface area contributed by atoms with Crippen LogP contribution in [0.4, 0.5) is 0 Å². The molecule has 138 valence electrons. The first-order valence-corrected chi connectivity index (χ1v) is 9.98. The minimum absolute atomic E-state index is 0.718. The van der Waals surface area contributed by atoms with Crippen molar-refractivity contribution in [3.8, 4) is 5.75 Å². The molecule has 0 saturated carbocycles. The lowest BCUT2D eigenvalue weighted by Crippen LogP contribution is -2.24. The van der Waals surface area contributed by atoms with Crippen molar-refractivity contribution < 1.29 is 4.74 Å². The Morgan fingerprint density at radius 1 is 0.923 bits per heavy atom. The minimum Gasteiger partial charge on any atom is -0.494 e. The van der Waals surface area contributed by atoms with Gasteiger partial charge in [-0.3, -0.25) is 0 Å². The van der Waals surface area contributed by atoms with Gasteiger partial charge in [0.2, 0.25) is 0 Å². The molecule has 0 unspecified atom stereocenters. The highest BCUT2D eigenvalue weighted by molar-refractivity contribution is 5.77. The molecular weight excluding hydrogens is 318 g/mol. The van der Waals surface area contributed by atoms with Crippen LogP contribution in [0.15, 0.2) is 54.1 Å². The minimum atomic E-state index is 0.718. The van der Waals surface area contributed by atoms with E-state index in [1.807, 2.05) is 6.92 Å². The maximum atomic E-state index is 5.57. The Bertz CT molecular complexity index is 741. The van der Waals surface area contributed by atoms with Gasteiger partial charge in [0.25, 0.3) is 0 Å². The fraction of sp³-hybridized carbons (Fsp3) is 0.417. The molecule has 0 amide bonds. The second kappa shape index (κ2) is 9.05. The first-order chi connectivity index (χ1) is 12.7. The topological polar surface area (TPSA) is 12.5 Å². The van der Waals surface area contributed by atoms with Crippen LogP contribution in [0.1, 0.15) is 43.9 Å². The lowest BCUT2D eigenvalue weighted by atomic mass is 9.98. The number of nitrogens with zero attached hydrogens (tertiary/aromatic N) is 1. The maximum absolute atomic E-state index is 5.57. The van der Waals surface area contributed by atoms with Crippen molar-refractivity contribution in [2.75, 3.05) is 26.2 Å². The van der Waals surface area contributed by atoms with Crippen LogP contribution in [-0.2, 0) is 12.8 Å². The molecule has 26 heavy (non-hydrogen) atoms. The van der Waals surface area contributed by atoms with Crippen LogP contribution in [0, 0.1) is 0 Å². The number of hydrogen-bond donors (Lipinski definition) is 0. The van der Waals surface area contributed by atoms with E-state index < -0.39 is 0 Å². The van der Waals surface area contributed by atoms with Crippen molar-refractivity contribution in [2.24, 2.45) is 0 Å². The third kappa shape index (κ3) is 4.37. The van der Waals surface area contributed by atoms with E-state index in [4.69, 9.17) is 4.74 Å². The van der Waals surface area contributed by atoms with Crippen molar-refractivity contribution in [1.29, 1.82) is 0 Å². The van der Waals surface area contributed by atoms with Gasteiger partial charge in [0.15, 0.2) is 0 Å². The molecule has 0 aromatic heterocycles.